The number of carbonyl (C=O) groups is 8. The molecular formula is C29H44N10O11. The third-order valence-electron chi connectivity index (χ3n) is 8.42. The number of nitrogens with zero attached hydrogens (tertiary/aromatic N) is 4. The molecule has 0 aromatic heterocycles. The van der Waals surface area contributed by atoms with Crippen LogP contribution in [-0.4, -0.2) is 152 Å². The molecule has 7 amide bonds. The van der Waals surface area contributed by atoms with Gasteiger partial charge in [0.25, 0.3) is 5.91 Å². The molecule has 276 valence electrons. The van der Waals surface area contributed by atoms with Crippen LogP contribution in [0.15, 0.2) is 4.99 Å². The lowest BCUT2D eigenvalue weighted by Gasteiger charge is -2.39. The number of hydrogen-bond acceptors (Lipinski definition) is 13. The number of nitrogens with two attached hydrogens (primary N) is 2. The highest BCUT2D eigenvalue weighted by Crippen LogP contribution is 2.20. The second kappa shape index (κ2) is 20.8. The van der Waals surface area contributed by atoms with Crippen molar-refractivity contribution in [3.63, 3.8) is 0 Å². The third kappa shape index (κ3) is 11.9. The van der Waals surface area contributed by atoms with Gasteiger partial charge in [-0.25, -0.2) is 14.5 Å². The first-order valence-electron chi connectivity index (χ1n) is 15.9. The number of carbonyl (C=O) groups excluding carboxylic acids is 10. The Morgan fingerprint density at radius 2 is 1.74 bits per heavy atom. The van der Waals surface area contributed by atoms with Gasteiger partial charge < -0.3 is 42.4 Å². The molecule has 0 aliphatic carbocycles. The minimum Gasteiger partial charge on any atom is -0.464 e. The number of piperazine rings is 1. The molecule has 3 aliphatic rings. The highest BCUT2D eigenvalue weighted by atomic mass is 16.5. The van der Waals surface area contributed by atoms with E-state index in [1.165, 1.54) is 4.90 Å². The van der Waals surface area contributed by atoms with Gasteiger partial charge in [0, 0.05) is 64.6 Å². The van der Waals surface area contributed by atoms with Crippen LogP contribution in [0.3, 0.4) is 0 Å². The fourth-order valence-electron chi connectivity index (χ4n) is 5.72. The SMILES string of the molecule is C[C@@H](C(=O)C[C@H](CCCN=C(N)N)C(=O)NC1CCOC1=O)N1CCN(C(=O)[C@H](CNC=O)N2C(=O)N[C@@H](CCNC=O)C2=O)CC1.O=C=O. The maximum atomic E-state index is 13.6. The molecule has 3 heterocycles. The molecule has 3 aliphatic heterocycles. The van der Waals surface area contributed by atoms with E-state index in [4.69, 9.17) is 25.8 Å². The van der Waals surface area contributed by atoms with Crippen molar-refractivity contribution in [2.75, 3.05) is 52.4 Å². The van der Waals surface area contributed by atoms with Crippen molar-refractivity contribution in [2.45, 2.75) is 63.2 Å². The maximum absolute atomic E-state index is 13.6. The van der Waals surface area contributed by atoms with Crippen molar-refractivity contribution < 1.29 is 52.7 Å². The first-order valence-corrected chi connectivity index (χ1v) is 15.9. The average molecular weight is 709 g/mol. The molecule has 50 heavy (non-hydrogen) atoms. The van der Waals surface area contributed by atoms with Crippen LogP contribution in [0.4, 0.5) is 4.79 Å². The summed E-state index contributed by atoms with van der Waals surface area (Å²) in [7, 11) is 0. The fourth-order valence-corrected chi connectivity index (χ4v) is 5.72. The number of guanidine groups is 1. The van der Waals surface area contributed by atoms with Gasteiger partial charge in [-0.05, 0) is 26.2 Å². The van der Waals surface area contributed by atoms with Gasteiger partial charge in [-0.1, -0.05) is 0 Å². The Labute approximate surface area is 287 Å². The first-order chi connectivity index (χ1) is 23.9. The summed E-state index contributed by atoms with van der Waals surface area (Å²) in [5.41, 5.74) is 10.8. The van der Waals surface area contributed by atoms with E-state index in [2.05, 4.69) is 26.3 Å². The number of amides is 7. The molecule has 5 atom stereocenters. The number of rotatable bonds is 19. The summed E-state index contributed by atoms with van der Waals surface area (Å²) in [5, 5.41) is 9.98. The molecule has 1 unspecified atom stereocenters. The molecule has 3 rings (SSSR count). The Morgan fingerprint density at radius 1 is 1.08 bits per heavy atom. The normalized spacial score (nSPS) is 20.5. The van der Waals surface area contributed by atoms with E-state index in [1.807, 2.05) is 4.90 Å². The lowest BCUT2D eigenvalue weighted by Crippen LogP contribution is -2.60. The average Bonchev–Trinajstić information content (AvgIpc) is 3.62. The number of ketones is 1. The molecule has 0 aromatic carbocycles. The van der Waals surface area contributed by atoms with Crippen LogP contribution < -0.4 is 32.7 Å². The molecule has 0 spiro atoms. The Hall–Kier alpha value is -5.43. The molecule has 3 fully saturated rings. The van der Waals surface area contributed by atoms with E-state index < -0.39 is 59.8 Å². The van der Waals surface area contributed by atoms with Crippen molar-refractivity contribution in [1.82, 2.24) is 36.0 Å². The van der Waals surface area contributed by atoms with Crippen LogP contribution in [0.2, 0.25) is 0 Å². The smallest absolute Gasteiger partial charge is 0.373 e. The van der Waals surface area contributed by atoms with E-state index in [-0.39, 0.29) is 70.1 Å². The lowest BCUT2D eigenvalue weighted by molar-refractivity contribution is -0.191. The predicted octanol–water partition coefficient (Wildman–Crippen LogP) is -4.83. The quantitative estimate of drug-likeness (QED) is 0.0183. The van der Waals surface area contributed by atoms with E-state index in [0.29, 0.717) is 45.2 Å². The summed E-state index contributed by atoms with van der Waals surface area (Å²) in [6.45, 7) is 2.98. The molecule has 8 N–H and O–H groups in total. The van der Waals surface area contributed by atoms with Crippen LogP contribution in [0.1, 0.15) is 39.0 Å². The Balaban J connectivity index is 0.00000278. The highest BCUT2D eigenvalue weighted by molar-refractivity contribution is 6.07. The Kier molecular flexibility index (Phi) is 17.0. The molecule has 0 radical (unpaired) electrons. The number of cyclic esters (lactones) is 1. The summed E-state index contributed by atoms with van der Waals surface area (Å²) >= 11 is 0. The molecule has 0 saturated carbocycles. The van der Waals surface area contributed by atoms with Gasteiger partial charge >= 0.3 is 18.2 Å². The van der Waals surface area contributed by atoms with E-state index in [0.717, 1.165) is 4.90 Å². The maximum Gasteiger partial charge on any atom is 0.373 e. The van der Waals surface area contributed by atoms with Gasteiger partial charge in [-0.3, -0.25) is 38.7 Å². The number of urea groups is 1. The number of esters is 1. The number of nitrogens with one attached hydrogen (secondary N) is 4. The molecular weight excluding hydrogens is 664 g/mol. The van der Waals surface area contributed by atoms with Crippen molar-refractivity contribution in [3.05, 3.63) is 0 Å². The number of ether oxygens (including phenoxy) is 1. The zero-order valence-corrected chi connectivity index (χ0v) is 27.7. The summed E-state index contributed by atoms with van der Waals surface area (Å²) < 4.78 is 4.92. The standard InChI is InChI=1S/C28H44N10O9.CO2/c1-17(22(41)13-18(3-2-6-33-27(29)30)23(42)34-20-5-12-47-26(20)45)36-8-10-37(11-9-36)25(44)21(14-32-16-40)38-24(43)19(35-28(38)46)4-7-31-15-39;2-1-3/h15-21H,2-14H2,1H3,(H,31,39)(H,32,40)(H,34,42)(H,35,46)(H4,29,30,33);/t17-,18-,19-,20?,21-;/m0./s1. The molecule has 21 nitrogen and oxygen atoms in total. The van der Waals surface area contributed by atoms with Crippen molar-refractivity contribution in [1.29, 1.82) is 0 Å². The third-order valence-corrected chi connectivity index (χ3v) is 8.42. The summed E-state index contributed by atoms with van der Waals surface area (Å²) in [4.78, 5) is 124. The first kappa shape index (κ1) is 40.7. The number of imide groups is 1. The van der Waals surface area contributed by atoms with Crippen molar-refractivity contribution in [2.24, 2.45) is 22.4 Å². The molecule has 0 bridgehead atoms. The number of hydrogen-bond donors (Lipinski definition) is 6. The van der Waals surface area contributed by atoms with E-state index >= 15 is 0 Å². The number of Topliss-reactive ketones (excluding diaryl/α,β-unsaturated/α-hetero) is 1. The van der Waals surface area contributed by atoms with Crippen molar-refractivity contribution >= 4 is 60.4 Å². The Morgan fingerprint density at radius 3 is 2.32 bits per heavy atom. The zero-order chi connectivity index (χ0) is 37.2. The van der Waals surface area contributed by atoms with Crippen molar-refractivity contribution in [3.8, 4) is 0 Å². The van der Waals surface area contributed by atoms with Gasteiger partial charge in [0.2, 0.25) is 24.6 Å². The van der Waals surface area contributed by atoms with Crippen LogP contribution in [-0.2, 0) is 47.9 Å². The van der Waals surface area contributed by atoms with Gasteiger partial charge in [0.05, 0.1) is 12.6 Å². The molecule has 0 aromatic rings. The monoisotopic (exact) mass is 708 g/mol. The van der Waals surface area contributed by atoms with Crippen LogP contribution >= 0.6 is 0 Å². The topological polar surface area (TPSA) is 302 Å². The van der Waals surface area contributed by atoms with Gasteiger partial charge in [-0.2, -0.15) is 9.59 Å². The molecule has 3 saturated heterocycles. The fraction of sp³-hybridized carbons (Fsp3) is 0.655. The Bertz CT molecular complexity index is 1310. The van der Waals surface area contributed by atoms with Crippen LogP contribution in [0.5, 0.6) is 0 Å². The summed E-state index contributed by atoms with van der Waals surface area (Å²) in [6.07, 6.45) is 2.20. The number of aliphatic imine (C=N–C) groups is 1. The van der Waals surface area contributed by atoms with E-state index in [1.54, 1.807) is 6.92 Å². The van der Waals surface area contributed by atoms with E-state index in [9.17, 15) is 38.4 Å². The largest absolute Gasteiger partial charge is 0.464 e. The minimum absolute atomic E-state index is 0.0866. The zero-order valence-electron chi connectivity index (χ0n) is 27.7. The summed E-state index contributed by atoms with van der Waals surface area (Å²) in [6, 6.07) is -4.38. The minimum atomic E-state index is -1.29. The second-order valence-electron chi connectivity index (χ2n) is 11.6. The van der Waals surface area contributed by atoms with Gasteiger partial charge in [0.15, 0.2) is 5.96 Å². The molecule has 21 heteroatoms. The highest BCUT2D eigenvalue weighted by Gasteiger charge is 2.46. The van der Waals surface area contributed by atoms with Crippen LogP contribution in [0.25, 0.3) is 0 Å². The van der Waals surface area contributed by atoms with Gasteiger partial charge in [0.1, 0.15) is 23.9 Å². The predicted molar refractivity (Wildman–Crippen MR) is 169 cm³/mol. The van der Waals surface area contributed by atoms with Gasteiger partial charge in [-0.15, -0.1) is 0 Å². The van der Waals surface area contributed by atoms with Crippen LogP contribution in [0, 0.1) is 5.92 Å². The second-order valence-corrected chi connectivity index (χ2v) is 11.6. The summed E-state index contributed by atoms with van der Waals surface area (Å²) in [5.74, 6) is -3.17. The lowest BCUT2D eigenvalue weighted by atomic mass is 9.92.